The summed E-state index contributed by atoms with van der Waals surface area (Å²) in [4.78, 5) is 2.06. The van der Waals surface area contributed by atoms with Crippen molar-refractivity contribution in [3.63, 3.8) is 0 Å². The van der Waals surface area contributed by atoms with Gasteiger partial charge in [0.15, 0.2) is 0 Å². The Kier molecular flexibility index (Phi) is 5.42. The van der Waals surface area contributed by atoms with Gasteiger partial charge >= 0.3 is 0 Å². The fraction of sp³-hybridized carbons (Fsp3) is 0.571. The van der Waals surface area contributed by atoms with Crippen molar-refractivity contribution in [3.05, 3.63) is 30.1 Å². The lowest BCUT2D eigenvalue weighted by Gasteiger charge is -2.33. The molecule has 1 atom stereocenters. The topological polar surface area (TPSA) is 29.3 Å². The van der Waals surface area contributed by atoms with Gasteiger partial charge in [0.05, 0.1) is 5.69 Å². The van der Waals surface area contributed by atoms with E-state index in [9.17, 15) is 4.39 Å². The van der Waals surface area contributed by atoms with E-state index in [0.29, 0.717) is 18.2 Å². The summed E-state index contributed by atoms with van der Waals surface area (Å²) < 4.78 is 13.8. The molecule has 1 aromatic carbocycles. The Bertz CT molecular complexity index is 339. The normalized spacial score (nSPS) is 12.8. The minimum absolute atomic E-state index is 0.170. The largest absolute Gasteiger partial charge is 0.365 e. The molecule has 0 aliphatic carbocycles. The molecule has 0 aliphatic rings. The van der Waals surface area contributed by atoms with Crippen molar-refractivity contribution in [1.82, 2.24) is 0 Å². The van der Waals surface area contributed by atoms with Gasteiger partial charge in [0.1, 0.15) is 5.82 Å². The molecule has 0 amide bonds. The third-order valence-corrected chi connectivity index (χ3v) is 2.96. The smallest absolute Gasteiger partial charge is 0.146 e. The molecule has 17 heavy (non-hydrogen) atoms. The number of rotatable bonds is 6. The van der Waals surface area contributed by atoms with Gasteiger partial charge in [0.2, 0.25) is 0 Å². The molecule has 0 aromatic heterocycles. The van der Waals surface area contributed by atoms with Crippen LogP contribution in [-0.4, -0.2) is 19.1 Å². The lowest BCUT2D eigenvalue weighted by Crippen LogP contribution is -2.42. The molecule has 96 valence electrons. The zero-order valence-electron chi connectivity index (χ0n) is 11.0. The predicted molar refractivity (Wildman–Crippen MR) is 71.7 cm³/mol. The third kappa shape index (κ3) is 3.70. The number of benzene rings is 1. The van der Waals surface area contributed by atoms with Crippen molar-refractivity contribution >= 4 is 5.69 Å². The first-order valence-electron chi connectivity index (χ1n) is 6.31. The van der Waals surface area contributed by atoms with E-state index in [2.05, 4.69) is 18.7 Å². The number of anilines is 1. The van der Waals surface area contributed by atoms with Gasteiger partial charge in [-0.1, -0.05) is 26.0 Å². The van der Waals surface area contributed by atoms with Gasteiger partial charge in [-0.2, -0.15) is 0 Å². The fourth-order valence-corrected chi connectivity index (χ4v) is 2.20. The van der Waals surface area contributed by atoms with Crippen LogP contribution in [0.2, 0.25) is 0 Å². The molecule has 0 saturated carbocycles. The van der Waals surface area contributed by atoms with Crippen LogP contribution >= 0.6 is 0 Å². The van der Waals surface area contributed by atoms with Gasteiger partial charge in [-0.3, -0.25) is 0 Å². The standard InChI is InChI=1S/C14H23FN2/c1-4-17(12(10-16)9-11(2)3)14-8-6-5-7-13(14)15/h5-8,11-12H,4,9-10,16H2,1-3H3. The van der Waals surface area contributed by atoms with Gasteiger partial charge < -0.3 is 10.6 Å². The van der Waals surface area contributed by atoms with Crippen LogP contribution in [0.4, 0.5) is 10.1 Å². The van der Waals surface area contributed by atoms with Crippen LogP contribution in [0.15, 0.2) is 24.3 Å². The van der Waals surface area contributed by atoms with Gasteiger partial charge in [0.25, 0.3) is 0 Å². The minimum Gasteiger partial charge on any atom is -0.365 e. The Labute approximate surface area is 104 Å². The zero-order chi connectivity index (χ0) is 12.8. The highest BCUT2D eigenvalue weighted by molar-refractivity contribution is 5.48. The van der Waals surface area contributed by atoms with Crippen LogP contribution in [0.3, 0.4) is 0 Å². The highest BCUT2D eigenvalue weighted by atomic mass is 19.1. The maximum absolute atomic E-state index is 13.8. The zero-order valence-corrected chi connectivity index (χ0v) is 11.0. The van der Waals surface area contributed by atoms with Crippen molar-refractivity contribution in [1.29, 1.82) is 0 Å². The molecule has 0 radical (unpaired) electrons. The Morgan fingerprint density at radius 3 is 2.41 bits per heavy atom. The summed E-state index contributed by atoms with van der Waals surface area (Å²) in [6, 6.07) is 7.11. The Balaban J connectivity index is 2.93. The molecular weight excluding hydrogens is 215 g/mol. The van der Waals surface area contributed by atoms with Crippen molar-refractivity contribution in [2.45, 2.75) is 33.2 Å². The minimum atomic E-state index is -0.170. The van der Waals surface area contributed by atoms with Crippen LogP contribution in [0.5, 0.6) is 0 Å². The molecule has 0 heterocycles. The van der Waals surface area contributed by atoms with Gasteiger partial charge in [-0.25, -0.2) is 4.39 Å². The van der Waals surface area contributed by atoms with Crippen LogP contribution in [-0.2, 0) is 0 Å². The second-order valence-corrected chi connectivity index (χ2v) is 4.76. The molecule has 1 rings (SSSR count). The van der Waals surface area contributed by atoms with Crippen LogP contribution < -0.4 is 10.6 Å². The molecule has 2 nitrogen and oxygen atoms in total. The highest BCUT2D eigenvalue weighted by Gasteiger charge is 2.19. The number of likely N-dealkylation sites (N-methyl/N-ethyl adjacent to an activating group) is 1. The predicted octanol–water partition coefficient (Wildman–Crippen LogP) is 3.03. The molecule has 3 heteroatoms. The number of nitrogens with two attached hydrogens (primary N) is 1. The van der Waals surface area contributed by atoms with Crippen molar-refractivity contribution in [2.24, 2.45) is 11.7 Å². The average Bonchev–Trinajstić information content (AvgIpc) is 2.30. The summed E-state index contributed by atoms with van der Waals surface area (Å²) in [6.45, 7) is 7.70. The lowest BCUT2D eigenvalue weighted by atomic mass is 10.0. The lowest BCUT2D eigenvalue weighted by molar-refractivity contribution is 0.468. The van der Waals surface area contributed by atoms with Crippen molar-refractivity contribution in [3.8, 4) is 0 Å². The average molecular weight is 238 g/mol. The molecule has 0 spiro atoms. The summed E-state index contributed by atoms with van der Waals surface area (Å²) in [5, 5.41) is 0. The van der Waals surface area contributed by atoms with Crippen LogP contribution in [0, 0.1) is 11.7 Å². The van der Waals surface area contributed by atoms with Gasteiger partial charge in [-0.15, -0.1) is 0 Å². The van der Waals surface area contributed by atoms with E-state index in [1.807, 2.05) is 19.1 Å². The molecule has 0 fully saturated rings. The monoisotopic (exact) mass is 238 g/mol. The summed E-state index contributed by atoms with van der Waals surface area (Å²) in [5.74, 6) is 0.390. The van der Waals surface area contributed by atoms with E-state index in [4.69, 9.17) is 5.73 Å². The van der Waals surface area contributed by atoms with Gasteiger partial charge in [-0.05, 0) is 31.4 Å². The first-order valence-corrected chi connectivity index (χ1v) is 6.31. The maximum Gasteiger partial charge on any atom is 0.146 e. The van der Waals surface area contributed by atoms with Crippen LogP contribution in [0.1, 0.15) is 27.2 Å². The number of nitrogens with zero attached hydrogens (tertiary/aromatic N) is 1. The molecular formula is C14H23FN2. The molecule has 1 aromatic rings. The number of hydrogen-bond acceptors (Lipinski definition) is 2. The van der Waals surface area contributed by atoms with Crippen LogP contribution in [0.25, 0.3) is 0 Å². The molecule has 1 unspecified atom stereocenters. The van der Waals surface area contributed by atoms with E-state index in [1.54, 1.807) is 6.07 Å². The Morgan fingerprint density at radius 1 is 1.29 bits per heavy atom. The van der Waals surface area contributed by atoms with Gasteiger partial charge in [0, 0.05) is 19.1 Å². The van der Waals surface area contributed by atoms with E-state index in [1.165, 1.54) is 6.07 Å². The summed E-state index contributed by atoms with van der Waals surface area (Å²) in [5.41, 5.74) is 6.48. The first-order chi connectivity index (χ1) is 8.10. The number of halogens is 1. The third-order valence-electron chi connectivity index (χ3n) is 2.96. The number of para-hydroxylation sites is 1. The molecule has 0 bridgehead atoms. The van der Waals surface area contributed by atoms with E-state index >= 15 is 0 Å². The van der Waals surface area contributed by atoms with E-state index in [0.717, 1.165) is 13.0 Å². The Morgan fingerprint density at radius 2 is 1.94 bits per heavy atom. The second kappa shape index (κ2) is 6.60. The summed E-state index contributed by atoms with van der Waals surface area (Å²) >= 11 is 0. The summed E-state index contributed by atoms with van der Waals surface area (Å²) in [7, 11) is 0. The van der Waals surface area contributed by atoms with E-state index in [-0.39, 0.29) is 11.9 Å². The first kappa shape index (κ1) is 14.0. The maximum atomic E-state index is 13.8. The Hall–Kier alpha value is -1.09. The van der Waals surface area contributed by atoms with Crippen molar-refractivity contribution < 1.29 is 4.39 Å². The number of hydrogen-bond donors (Lipinski definition) is 1. The fourth-order valence-electron chi connectivity index (χ4n) is 2.20. The molecule has 2 N–H and O–H groups in total. The molecule has 0 aliphatic heterocycles. The van der Waals surface area contributed by atoms with E-state index < -0.39 is 0 Å². The SMILES string of the molecule is CCN(c1ccccc1F)C(CN)CC(C)C. The quantitative estimate of drug-likeness (QED) is 0.825. The highest BCUT2D eigenvalue weighted by Crippen LogP contribution is 2.23. The second-order valence-electron chi connectivity index (χ2n) is 4.76. The summed E-state index contributed by atoms with van der Waals surface area (Å²) in [6.07, 6.45) is 0.985. The molecule has 0 saturated heterocycles. The van der Waals surface area contributed by atoms with Crippen molar-refractivity contribution in [2.75, 3.05) is 18.0 Å².